The number of benzene rings is 2. The van der Waals surface area contributed by atoms with Crippen molar-refractivity contribution in [3.05, 3.63) is 54.6 Å². The molecule has 0 amide bonds. The smallest absolute Gasteiger partial charge is 0.171 e. The second kappa shape index (κ2) is 10.7. The first-order chi connectivity index (χ1) is 16.0. The number of anilines is 3. The molecule has 0 aliphatic heterocycles. The average molecular weight is 464 g/mol. The maximum atomic E-state index is 5.68. The number of para-hydroxylation sites is 3. The maximum absolute atomic E-state index is 5.68. The minimum atomic E-state index is 0.365. The van der Waals surface area contributed by atoms with Gasteiger partial charge in [0.1, 0.15) is 11.6 Å². The van der Waals surface area contributed by atoms with Gasteiger partial charge in [0.2, 0.25) is 0 Å². The first-order valence-corrected chi connectivity index (χ1v) is 12.1. The van der Waals surface area contributed by atoms with E-state index in [9.17, 15) is 0 Å². The highest BCUT2D eigenvalue weighted by atomic mass is 32.1. The first-order valence-electron chi connectivity index (χ1n) is 11.7. The maximum Gasteiger partial charge on any atom is 0.171 e. The minimum Gasteiger partial charge on any atom is -0.492 e. The Kier molecular flexibility index (Phi) is 7.50. The van der Waals surface area contributed by atoms with Crippen LogP contribution in [-0.2, 0) is 0 Å². The summed E-state index contributed by atoms with van der Waals surface area (Å²) in [6, 6.07) is 19.1. The van der Waals surface area contributed by atoms with Gasteiger partial charge in [0.15, 0.2) is 5.11 Å². The molecule has 7 heteroatoms. The number of hydrogen-bond acceptors (Lipinski definition) is 5. The fourth-order valence-corrected chi connectivity index (χ4v) is 4.66. The molecule has 3 N–H and O–H groups in total. The lowest BCUT2D eigenvalue weighted by Gasteiger charge is -2.31. The molecule has 3 aromatic rings. The van der Waals surface area contributed by atoms with Crippen molar-refractivity contribution in [2.45, 2.75) is 44.7 Å². The van der Waals surface area contributed by atoms with Crippen LogP contribution in [0.15, 0.2) is 54.6 Å². The van der Waals surface area contributed by atoms with Crippen molar-refractivity contribution in [2.24, 2.45) is 0 Å². The molecule has 1 fully saturated rings. The molecule has 2 aromatic carbocycles. The van der Waals surface area contributed by atoms with Gasteiger partial charge in [0.25, 0.3) is 0 Å². The zero-order chi connectivity index (χ0) is 23.2. The van der Waals surface area contributed by atoms with Crippen LogP contribution in [0.5, 0.6) is 5.75 Å². The van der Waals surface area contributed by atoms with E-state index in [1.54, 1.807) is 0 Å². The number of aromatic nitrogens is 1. The molecular formula is C26H33N5OS. The monoisotopic (exact) mass is 463 g/mol. The number of rotatable bonds is 7. The summed E-state index contributed by atoms with van der Waals surface area (Å²) in [4.78, 5) is 7.00. The van der Waals surface area contributed by atoms with Gasteiger partial charge in [-0.05, 0) is 63.0 Å². The second-order valence-corrected chi connectivity index (χ2v) is 9.07. The Morgan fingerprint density at radius 2 is 1.73 bits per heavy atom. The predicted molar refractivity (Wildman–Crippen MR) is 143 cm³/mol. The average Bonchev–Trinajstić information content (AvgIpc) is 2.81. The van der Waals surface area contributed by atoms with E-state index in [1.807, 2.05) is 37.3 Å². The van der Waals surface area contributed by atoms with Gasteiger partial charge in [-0.1, -0.05) is 30.3 Å². The van der Waals surface area contributed by atoms with E-state index >= 15 is 0 Å². The third-order valence-electron chi connectivity index (χ3n) is 6.03. The van der Waals surface area contributed by atoms with Crippen molar-refractivity contribution in [3.63, 3.8) is 0 Å². The van der Waals surface area contributed by atoms with Gasteiger partial charge < -0.3 is 25.6 Å². The Bertz CT molecular complexity index is 1090. The summed E-state index contributed by atoms with van der Waals surface area (Å²) in [6.45, 7) is 2.60. The van der Waals surface area contributed by atoms with E-state index in [2.05, 4.69) is 59.2 Å². The molecular weight excluding hydrogens is 430 g/mol. The molecule has 0 spiro atoms. The molecule has 0 unspecified atom stereocenters. The standard InChI is InChI=1S/C26H33N5OS/c1-4-32-24-12-8-7-11-22(24)30-26(33)28-19-15-13-18(14-16-19)27-25-17-23(31(2)3)20-9-5-6-10-21(20)29-25/h5-12,17-19H,4,13-16H2,1-3H3,(H,27,29)(H2,28,30,33). The summed E-state index contributed by atoms with van der Waals surface area (Å²) in [5.74, 6) is 1.76. The van der Waals surface area contributed by atoms with Crippen molar-refractivity contribution in [3.8, 4) is 5.75 Å². The highest BCUT2D eigenvalue weighted by Gasteiger charge is 2.22. The Morgan fingerprint density at radius 3 is 2.48 bits per heavy atom. The number of hydrogen-bond donors (Lipinski definition) is 3. The van der Waals surface area contributed by atoms with Gasteiger partial charge in [-0.2, -0.15) is 0 Å². The van der Waals surface area contributed by atoms with Crippen molar-refractivity contribution in [1.82, 2.24) is 10.3 Å². The Hall–Kier alpha value is -3.06. The van der Waals surface area contributed by atoms with Gasteiger partial charge in [-0.15, -0.1) is 0 Å². The van der Waals surface area contributed by atoms with Crippen LogP contribution in [0.4, 0.5) is 17.2 Å². The van der Waals surface area contributed by atoms with Crippen molar-refractivity contribution in [2.75, 3.05) is 36.2 Å². The van der Waals surface area contributed by atoms with Crippen LogP contribution in [0.3, 0.4) is 0 Å². The summed E-state index contributed by atoms with van der Waals surface area (Å²) in [5.41, 5.74) is 3.10. The van der Waals surface area contributed by atoms with Gasteiger partial charge in [0.05, 0.1) is 17.8 Å². The van der Waals surface area contributed by atoms with E-state index in [4.69, 9.17) is 21.9 Å². The number of ether oxygens (including phenoxy) is 1. The van der Waals surface area contributed by atoms with Crippen LogP contribution >= 0.6 is 12.2 Å². The lowest BCUT2D eigenvalue weighted by atomic mass is 9.91. The molecule has 1 saturated carbocycles. The van der Waals surface area contributed by atoms with Gasteiger partial charge >= 0.3 is 0 Å². The second-order valence-electron chi connectivity index (χ2n) is 8.66. The molecule has 0 atom stereocenters. The molecule has 1 aromatic heterocycles. The number of fused-ring (bicyclic) bond motifs is 1. The third-order valence-corrected chi connectivity index (χ3v) is 6.25. The van der Waals surface area contributed by atoms with Crippen LogP contribution < -0.4 is 25.6 Å². The largest absolute Gasteiger partial charge is 0.492 e. The van der Waals surface area contributed by atoms with Crippen LogP contribution in [0.25, 0.3) is 10.9 Å². The summed E-state index contributed by atoms with van der Waals surface area (Å²) < 4.78 is 5.68. The van der Waals surface area contributed by atoms with E-state index in [-0.39, 0.29) is 0 Å². The molecule has 1 aliphatic rings. The number of thiocarbonyl (C=S) groups is 1. The highest BCUT2D eigenvalue weighted by Crippen LogP contribution is 2.29. The molecule has 33 heavy (non-hydrogen) atoms. The molecule has 0 saturated heterocycles. The van der Waals surface area contributed by atoms with E-state index in [0.717, 1.165) is 48.5 Å². The van der Waals surface area contributed by atoms with Crippen LogP contribution in [-0.4, -0.2) is 42.9 Å². The molecule has 1 heterocycles. The highest BCUT2D eigenvalue weighted by molar-refractivity contribution is 7.80. The van der Waals surface area contributed by atoms with E-state index < -0.39 is 0 Å². The van der Waals surface area contributed by atoms with Gasteiger partial charge in [0, 0.05) is 43.3 Å². The molecule has 6 nitrogen and oxygen atoms in total. The third kappa shape index (κ3) is 5.85. The van der Waals surface area contributed by atoms with Gasteiger partial charge in [-0.25, -0.2) is 4.98 Å². The lowest BCUT2D eigenvalue weighted by Crippen LogP contribution is -2.42. The van der Waals surface area contributed by atoms with Gasteiger partial charge in [-0.3, -0.25) is 0 Å². The Labute approximate surface area is 201 Å². The molecule has 0 bridgehead atoms. The first kappa shape index (κ1) is 23.1. The molecule has 1 aliphatic carbocycles. The minimum absolute atomic E-state index is 0.365. The molecule has 0 radical (unpaired) electrons. The number of nitrogens with zero attached hydrogens (tertiary/aromatic N) is 2. The normalized spacial score (nSPS) is 17.9. The Morgan fingerprint density at radius 1 is 1.03 bits per heavy atom. The number of pyridine rings is 1. The number of nitrogens with one attached hydrogen (secondary N) is 3. The van der Waals surface area contributed by atoms with Crippen molar-refractivity contribution >= 4 is 45.4 Å². The fourth-order valence-electron chi connectivity index (χ4n) is 4.39. The summed E-state index contributed by atoms with van der Waals surface area (Å²) >= 11 is 5.57. The lowest BCUT2D eigenvalue weighted by molar-refractivity contribution is 0.342. The summed E-state index contributed by atoms with van der Waals surface area (Å²) in [7, 11) is 4.15. The van der Waals surface area contributed by atoms with E-state index in [0.29, 0.717) is 23.8 Å². The van der Waals surface area contributed by atoms with Crippen molar-refractivity contribution < 1.29 is 4.74 Å². The topological polar surface area (TPSA) is 61.5 Å². The predicted octanol–water partition coefficient (Wildman–Crippen LogP) is 5.41. The zero-order valence-electron chi connectivity index (χ0n) is 19.6. The fraction of sp³-hybridized carbons (Fsp3) is 0.385. The zero-order valence-corrected chi connectivity index (χ0v) is 20.4. The Balaban J connectivity index is 1.32. The molecule has 4 rings (SSSR count). The SMILES string of the molecule is CCOc1ccccc1NC(=S)NC1CCC(Nc2cc(N(C)C)c3ccccc3n2)CC1. The van der Waals surface area contributed by atoms with E-state index in [1.165, 1.54) is 11.1 Å². The van der Waals surface area contributed by atoms with Crippen LogP contribution in [0, 0.1) is 0 Å². The van der Waals surface area contributed by atoms with Crippen LogP contribution in [0.2, 0.25) is 0 Å². The van der Waals surface area contributed by atoms with Crippen LogP contribution in [0.1, 0.15) is 32.6 Å². The summed E-state index contributed by atoms with van der Waals surface area (Å²) in [6.07, 6.45) is 4.25. The quantitative estimate of drug-likeness (QED) is 0.405. The molecule has 174 valence electrons. The summed E-state index contributed by atoms with van der Waals surface area (Å²) in [5, 5.41) is 12.3. The van der Waals surface area contributed by atoms with Crippen molar-refractivity contribution in [1.29, 1.82) is 0 Å².